The molecule has 2 atom stereocenters. The van der Waals surface area contributed by atoms with E-state index in [0.29, 0.717) is 6.42 Å². The number of rotatable bonds is 4. The highest BCUT2D eigenvalue weighted by Gasteiger charge is 2.42. The monoisotopic (exact) mass is 195 g/mol. The highest BCUT2D eigenvalue weighted by Crippen LogP contribution is 2.38. The van der Waals surface area contributed by atoms with Gasteiger partial charge in [-0.2, -0.15) is 0 Å². The molecule has 2 nitrogen and oxygen atoms in total. The van der Waals surface area contributed by atoms with Crippen LogP contribution >= 0.6 is 0 Å². The molecule has 0 heterocycles. The van der Waals surface area contributed by atoms with Gasteiger partial charge in [0.05, 0.1) is 0 Å². The lowest BCUT2D eigenvalue weighted by atomic mass is 9.78. The van der Waals surface area contributed by atoms with Crippen LogP contribution in [0.3, 0.4) is 0 Å². The second kappa shape index (κ2) is 4.26. The first-order chi connectivity index (χ1) is 6.50. The van der Waals surface area contributed by atoms with Crippen molar-refractivity contribution in [1.29, 1.82) is 0 Å². The zero-order valence-corrected chi connectivity index (χ0v) is 9.31. The first-order valence-electron chi connectivity index (χ1n) is 5.46. The minimum absolute atomic E-state index is 0.0552. The van der Waals surface area contributed by atoms with Gasteiger partial charge in [0.2, 0.25) is 0 Å². The van der Waals surface area contributed by atoms with Gasteiger partial charge in [-0.05, 0) is 19.3 Å². The van der Waals surface area contributed by atoms with E-state index < -0.39 is 0 Å². The Morgan fingerprint density at radius 1 is 1.64 bits per heavy atom. The average molecular weight is 195 g/mol. The normalized spacial score (nSPS) is 31.8. The predicted molar refractivity (Wildman–Crippen MR) is 59.0 cm³/mol. The molecule has 0 bridgehead atoms. The summed E-state index contributed by atoms with van der Waals surface area (Å²) >= 11 is 0. The fourth-order valence-corrected chi connectivity index (χ4v) is 2.09. The third-order valence-corrected chi connectivity index (χ3v) is 3.58. The van der Waals surface area contributed by atoms with Gasteiger partial charge in [0.15, 0.2) is 0 Å². The van der Waals surface area contributed by atoms with Crippen molar-refractivity contribution in [2.45, 2.75) is 52.0 Å². The molecule has 0 saturated heterocycles. The molecule has 14 heavy (non-hydrogen) atoms. The molecule has 1 aliphatic rings. The lowest BCUT2D eigenvalue weighted by Gasteiger charge is -2.27. The molecule has 2 N–H and O–H groups in total. The quantitative estimate of drug-likeness (QED) is 0.700. The van der Waals surface area contributed by atoms with Gasteiger partial charge in [-0.25, -0.2) is 0 Å². The molecular weight excluding hydrogens is 174 g/mol. The Morgan fingerprint density at radius 2 is 2.29 bits per heavy atom. The summed E-state index contributed by atoms with van der Waals surface area (Å²) in [6.45, 7) is 7.92. The number of ketones is 1. The van der Waals surface area contributed by atoms with E-state index in [4.69, 9.17) is 5.73 Å². The molecule has 0 aromatic rings. The molecule has 0 aromatic heterocycles. The van der Waals surface area contributed by atoms with Crippen molar-refractivity contribution in [3.8, 4) is 0 Å². The van der Waals surface area contributed by atoms with Gasteiger partial charge in [-0.3, -0.25) is 4.79 Å². The first-order valence-corrected chi connectivity index (χ1v) is 5.46. The smallest absolute Gasteiger partial charge is 0.144 e. The van der Waals surface area contributed by atoms with Crippen molar-refractivity contribution < 1.29 is 4.79 Å². The number of hydrogen-bond acceptors (Lipinski definition) is 2. The third kappa shape index (κ3) is 2.06. The molecule has 0 amide bonds. The van der Waals surface area contributed by atoms with Crippen LogP contribution in [0.1, 0.15) is 46.0 Å². The molecule has 2 heteroatoms. The van der Waals surface area contributed by atoms with Gasteiger partial charge < -0.3 is 5.73 Å². The van der Waals surface area contributed by atoms with Gasteiger partial charge in [-0.1, -0.05) is 32.4 Å². The Hall–Kier alpha value is -0.630. The number of hydrogen-bond donors (Lipinski definition) is 1. The lowest BCUT2D eigenvalue weighted by molar-refractivity contribution is -0.127. The van der Waals surface area contributed by atoms with Gasteiger partial charge in [0.25, 0.3) is 0 Å². The van der Waals surface area contributed by atoms with E-state index in [0.717, 1.165) is 31.3 Å². The zero-order chi connectivity index (χ0) is 10.8. The summed E-state index contributed by atoms with van der Waals surface area (Å²) < 4.78 is 0. The summed E-state index contributed by atoms with van der Waals surface area (Å²) in [5, 5.41) is 0. The van der Waals surface area contributed by atoms with Crippen molar-refractivity contribution >= 4 is 5.78 Å². The predicted octanol–water partition coefficient (Wildman–Crippen LogP) is 2.43. The molecule has 80 valence electrons. The Balaban J connectivity index is 2.63. The van der Waals surface area contributed by atoms with Crippen molar-refractivity contribution in [2.75, 3.05) is 0 Å². The van der Waals surface area contributed by atoms with Crippen LogP contribution in [0, 0.1) is 5.41 Å². The second-order valence-electron chi connectivity index (χ2n) is 4.62. The lowest BCUT2D eigenvalue weighted by Crippen LogP contribution is -2.41. The molecule has 1 aliphatic carbocycles. The maximum Gasteiger partial charge on any atom is 0.144 e. The molecular formula is C12H21NO. The number of Topliss-reactive ketones (excluding diaryl/α,β-unsaturated/α-hetero) is 1. The summed E-state index contributed by atoms with van der Waals surface area (Å²) in [6.07, 6.45) is 4.42. The Bertz CT molecular complexity index is 247. The van der Waals surface area contributed by atoms with Gasteiger partial charge in [-0.15, -0.1) is 0 Å². The molecule has 0 aromatic carbocycles. The minimum Gasteiger partial charge on any atom is -0.327 e. The number of allylic oxidation sites excluding steroid dienone is 1. The first kappa shape index (κ1) is 11.4. The molecule has 0 radical (unpaired) electrons. The molecule has 1 fully saturated rings. The zero-order valence-electron chi connectivity index (χ0n) is 9.31. The standard InChI is InChI=1S/C12H21NO/c1-4-9(2)8-11(14)12(3)7-5-6-10(12)13/h10H,2,4-8,13H2,1,3H3. The average Bonchev–Trinajstić information content (AvgIpc) is 2.48. The van der Waals surface area contributed by atoms with E-state index in [-0.39, 0.29) is 17.2 Å². The van der Waals surface area contributed by atoms with E-state index in [1.807, 2.05) is 13.8 Å². The molecule has 0 aliphatic heterocycles. The molecule has 1 saturated carbocycles. The molecule has 0 spiro atoms. The van der Waals surface area contributed by atoms with Crippen LogP contribution in [0.2, 0.25) is 0 Å². The van der Waals surface area contributed by atoms with Gasteiger partial charge in [0.1, 0.15) is 5.78 Å². The maximum atomic E-state index is 12.0. The van der Waals surface area contributed by atoms with Crippen molar-refractivity contribution in [3.63, 3.8) is 0 Å². The highest BCUT2D eigenvalue weighted by molar-refractivity contribution is 5.87. The number of nitrogens with two attached hydrogens (primary N) is 1. The van der Waals surface area contributed by atoms with Crippen LogP contribution in [-0.2, 0) is 4.79 Å². The molecule has 2 unspecified atom stereocenters. The fourth-order valence-electron chi connectivity index (χ4n) is 2.09. The van der Waals surface area contributed by atoms with Crippen LogP contribution in [0.4, 0.5) is 0 Å². The maximum absolute atomic E-state index is 12.0. The topological polar surface area (TPSA) is 43.1 Å². The summed E-state index contributed by atoms with van der Waals surface area (Å²) in [6, 6.07) is 0.0552. The SMILES string of the molecule is C=C(CC)CC(=O)C1(C)CCCC1N. The summed E-state index contributed by atoms with van der Waals surface area (Å²) in [4.78, 5) is 12.0. The van der Waals surface area contributed by atoms with Crippen molar-refractivity contribution in [2.24, 2.45) is 11.1 Å². The van der Waals surface area contributed by atoms with Crippen molar-refractivity contribution in [1.82, 2.24) is 0 Å². The van der Waals surface area contributed by atoms with Gasteiger partial charge >= 0.3 is 0 Å². The Kier molecular flexibility index (Phi) is 3.48. The third-order valence-electron chi connectivity index (χ3n) is 3.58. The van der Waals surface area contributed by atoms with E-state index >= 15 is 0 Å². The highest BCUT2D eigenvalue weighted by atomic mass is 16.1. The van der Waals surface area contributed by atoms with E-state index in [1.54, 1.807) is 0 Å². The van der Waals surface area contributed by atoms with Gasteiger partial charge in [0, 0.05) is 17.9 Å². The largest absolute Gasteiger partial charge is 0.327 e. The van der Waals surface area contributed by atoms with Crippen LogP contribution < -0.4 is 5.73 Å². The minimum atomic E-state index is -0.280. The van der Waals surface area contributed by atoms with Crippen LogP contribution in [-0.4, -0.2) is 11.8 Å². The summed E-state index contributed by atoms with van der Waals surface area (Å²) in [7, 11) is 0. The van der Waals surface area contributed by atoms with Crippen molar-refractivity contribution in [3.05, 3.63) is 12.2 Å². The second-order valence-corrected chi connectivity index (χ2v) is 4.62. The van der Waals surface area contributed by atoms with E-state index in [1.165, 1.54) is 0 Å². The number of carbonyl (C=O) groups excluding carboxylic acids is 1. The summed E-state index contributed by atoms with van der Waals surface area (Å²) in [5.74, 6) is 0.286. The molecule has 1 rings (SSSR count). The Labute approximate surface area is 86.6 Å². The summed E-state index contributed by atoms with van der Waals surface area (Å²) in [5.41, 5.74) is 6.72. The number of carbonyl (C=O) groups is 1. The van der Waals surface area contributed by atoms with Crippen LogP contribution in [0.25, 0.3) is 0 Å². The Morgan fingerprint density at radius 3 is 2.71 bits per heavy atom. The van der Waals surface area contributed by atoms with E-state index in [9.17, 15) is 4.79 Å². The van der Waals surface area contributed by atoms with E-state index in [2.05, 4.69) is 6.58 Å². The van der Waals surface area contributed by atoms with Crippen LogP contribution in [0.15, 0.2) is 12.2 Å². The van der Waals surface area contributed by atoms with Crippen LogP contribution in [0.5, 0.6) is 0 Å². The fraction of sp³-hybridized carbons (Fsp3) is 0.750.